The average Bonchev–Trinajstić information content (AvgIpc) is 2.72. The summed E-state index contributed by atoms with van der Waals surface area (Å²) in [6.45, 7) is 12.6. The molecule has 3 nitrogen and oxygen atoms in total. The summed E-state index contributed by atoms with van der Waals surface area (Å²) in [7, 11) is 1.68. The molecule has 0 saturated carbocycles. The lowest BCUT2D eigenvalue weighted by molar-refractivity contribution is -0.137. The summed E-state index contributed by atoms with van der Waals surface area (Å²) in [6, 6.07) is 5.95. The second-order valence-corrected chi connectivity index (χ2v) is 9.85. The molecule has 0 spiro atoms. The number of piperidine rings is 1. The minimum atomic E-state index is -4.30. The van der Waals surface area contributed by atoms with Gasteiger partial charge in [-0.25, -0.2) is 0 Å². The van der Waals surface area contributed by atoms with Gasteiger partial charge < -0.3 is 9.47 Å². The van der Waals surface area contributed by atoms with Crippen molar-refractivity contribution >= 4 is 0 Å². The molecule has 0 bridgehead atoms. The minimum absolute atomic E-state index is 0.229. The number of allylic oxidation sites excluding steroid dienone is 1. The van der Waals surface area contributed by atoms with Crippen LogP contribution in [0.1, 0.15) is 64.5 Å². The van der Waals surface area contributed by atoms with E-state index in [1.807, 2.05) is 0 Å². The van der Waals surface area contributed by atoms with Gasteiger partial charge in [0.2, 0.25) is 0 Å². The molecular formula is C26H40F3NO2. The van der Waals surface area contributed by atoms with Gasteiger partial charge in [0.15, 0.2) is 0 Å². The first-order valence-corrected chi connectivity index (χ1v) is 11.7. The van der Waals surface area contributed by atoms with Gasteiger partial charge in [-0.15, -0.1) is 0 Å². The van der Waals surface area contributed by atoms with Crippen molar-refractivity contribution in [2.75, 3.05) is 40.0 Å². The van der Waals surface area contributed by atoms with Crippen LogP contribution in [-0.4, -0.2) is 51.0 Å². The van der Waals surface area contributed by atoms with Crippen LogP contribution in [0.4, 0.5) is 13.2 Å². The molecule has 1 aliphatic rings. The summed E-state index contributed by atoms with van der Waals surface area (Å²) in [4.78, 5) is 2.54. The molecule has 1 aromatic rings. The number of methoxy groups -OCH3 is 1. The number of hydrogen-bond acceptors (Lipinski definition) is 3. The van der Waals surface area contributed by atoms with E-state index in [1.165, 1.54) is 17.7 Å². The Balaban J connectivity index is 1.98. The minimum Gasteiger partial charge on any atom is -0.382 e. The molecule has 32 heavy (non-hydrogen) atoms. The van der Waals surface area contributed by atoms with Crippen LogP contribution in [0.2, 0.25) is 0 Å². The molecule has 0 N–H and O–H groups in total. The van der Waals surface area contributed by atoms with Crippen molar-refractivity contribution in [2.45, 2.75) is 71.0 Å². The Morgan fingerprint density at radius 2 is 1.62 bits per heavy atom. The number of benzene rings is 1. The zero-order valence-electron chi connectivity index (χ0n) is 20.3. The SMILES string of the molecule is COCCOCCC1CCN([C@H](C=C(C)C)CC(C)(C)c2ccc(C(F)(F)F)cc2)CC1. The molecular weight excluding hydrogens is 415 g/mol. The van der Waals surface area contributed by atoms with Gasteiger partial charge in [0.25, 0.3) is 0 Å². The molecule has 0 amide bonds. The van der Waals surface area contributed by atoms with Crippen LogP contribution in [0.15, 0.2) is 35.9 Å². The fraction of sp³-hybridized carbons (Fsp3) is 0.692. The van der Waals surface area contributed by atoms with Crippen molar-refractivity contribution in [2.24, 2.45) is 5.92 Å². The van der Waals surface area contributed by atoms with Gasteiger partial charge in [-0.1, -0.05) is 37.6 Å². The molecule has 182 valence electrons. The van der Waals surface area contributed by atoms with Gasteiger partial charge >= 0.3 is 6.18 Å². The fourth-order valence-corrected chi connectivity index (χ4v) is 4.50. The van der Waals surface area contributed by atoms with E-state index in [0.29, 0.717) is 19.1 Å². The van der Waals surface area contributed by atoms with Crippen LogP contribution in [0, 0.1) is 5.92 Å². The second-order valence-electron chi connectivity index (χ2n) is 9.85. The van der Waals surface area contributed by atoms with Crippen LogP contribution < -0.4 is 0 Å². The van der Waals surface area contributed by atoms with E-state index in [1.54, 1.807) is 19.2 Å². The van der Waals surface area contributed by atoms with Gasteiger partial charge in [0, 0.05) is 19.8 Å². The predicted octanol–water partition coefficient (Wildman–Crippen LogP) is 6.47. The third kappa shape index (κ3) is 8.53. The van der Waals surface area contributed by atoms with Crippen LogP contribution in [0.3, 0.4) is 0 Å². The van der Waals surface area contributed by atoms with Crippen molar-refractivity contribution in [1.82, 2.24) is 4.90 Å². The summed E-state index contributed by atoms with van der Waals surface area (Å²) in [5, 5.41) is 0. The van der Waals surface area contributed by atoms with Crippen LogP contribution in [0.5, 0.6) is 0 Å². The predicted molar refractivity (Wildman–Crippen MR) is 124 cm³/mol. The molecule has 1 aliphatic heterocycles. The summed E-state index contributed by atoms with van der Waals surface area (Å²) < 4.78 is 49.5. The number of halogens is 3. The standard InChI is InChI=1S/C26H40F3NO2/c1-20(2)18-24(30-13-10-21(11-14-30)12-15-32-17-16-31-5)19-25(3,4)22-6-8-23(9-7-22)26(27,28)29/h6-9,18,21,24H,10-17,19H2,1-5H3/t24-/m1/s1. The molecule has 1 atom stereocenters. The smallest absolute Gasteiger partial charge is 0.382 e. The Morgan fingerprint density at radius 3 is 2.16 bits per heavy atom. The first-order chi connectivity index (χ1) is 15.0. The van der Waals surface area contributed by atoms with E-state index < -0.39 is 11.7 Å². The number of alkyl halides is 3. The van der Waals surface area contributed by atoms with Gasteiger partial charge in [0.1, 0.15) is 0 Å². The topological polar surface area (TPSA) is 21.7 Å². The van der Waals surface area contributed by atoms with Crippen molar-refractivity contribution < 1.29 is 22.6 Å². The van der Waals surface area contributed by atoms with E-state index in [4.69, 9.17) is 9.47 Å². The van der Waals surface area contributed by atoms with Crippen molar-refractivity contribution in [3.63, 3.8) is 0 Å². The van der Waals surface area contributed by atoms with E-state index >= 15 is 0 Å². The monoisotopic (exact) mass is 455 g/mol. The molecule has 1 fully saturated rings. The normalized spacial score (nSPS) is 17.4. The number of hydrogen-bond donors (Lipinski definition) is 0. The van der Waals surface area contributed by atoms with Crippen molar-refractivity contribution in [3.8, 4) is 0 Å². The van der Waals surface area contributed by atoms with E-state index in [9.17, 15) is 13.2 Å². The molecule has 2 rings (SSSR count). The van der Waals surface area contributed by atoms with Gasteiger partial charge in [-0.3, -0.25) is 4.90 Å². The summed E-state index contributed by atoms with van der Waals surface area (Å²) >= 11 is 0. The first-order valence-electron chi connectivity index (χ1n) is 11.7. The maximum absolute atomic E-state index is 12.9. The molecule has 1 aromatic carbocycles. The molecule has 0 aromatic heterocycles. The van der Waals surface area contributed by atoms with E-state index in [-0.39, 0.29) is 11.5 Å². The molecule has 1 heterocycles. The third-order valence-corrected chi connectivity index (χ3v) is 6.46. The average molecular weight is 456 g/mol. The first kappa shape index (κ1) is 26.9. The lowest BCUT2D eigenvalue weighted by Crippen LogP contribution is -2.43. The van der Waals surface area contributed by atoms with Crippen molar-refractivity contribution in [1.29, 1.82) is 0 Å². The molecule has 0 aliphatic carbocycles. The number of ether oxygens (including phenoxy) is 2. The zero-order valence-corrected chi connectivity index (χ0v) is 20.3. The number of likely N-dealkylation sites (tertiary alicyclic amines) is 1. The molecule has 1 saturated heterocycles. The lowest BCUT2D eigenvalue weighted by atomic mass is 9.77. The lowest BCUT2D eigenvalue weighted by Gasteiger charge is -2.40. The molecule has 0 radical (unpaired) electrons. The number of rotatable bonds is 11. The Labute approximate surface area is 192 Å². The molecule has 0 unspecified atom stereocenters. The highest BCUT2D eigenvalue weighted by Crippen LogP contribution is 2.35. The van der Waals surface area contributed by atoms with Crippen LogP contribution in [0.25, 0.3) is 0 Å². The summed E-state index contributed by atoms with van der Waals surface area (Å²) in [5.74, 6) is 0.684. The Kier molecular flexibility index (Phi) is 10.2. The highest BCUT2D eigenvalue weighted by Gasteiger charge is 2.33. The molecule has 6 heteroatoms. The highest BCUT2D eigenvalue weighted by atomic mass is 19.4. The summed E-state index contributed by atoms with van der Waals surface area (Å²) in [5.41, 5.74) is 1.39. The Morgan fingerprint density at radius 1 is 1.03 bits per heavy atom. The fourth-order valence-electron chi connectivity index (χ4n) is 4.50. The third-order valence-electron chi connectivity index (χ3n) is 6.46. The van der Waals surface area contributed by atoms with E-state index in [0.717, 1.165) is 50.9 Å². The quantitative estimate of drug-likeness (QED) is 0.282. The largest absolute Gasteiger partial charge is 0.416 e. The van der Waals surface area contributed by atoms with E-state index in [2.05, 4.69) is 38.7 Å². The van der Waals surface area contributed by atoms with Crippen molar-refractivity contribution in [3.05, 3.63) is 47.0 Å². The van der Waals surface area contributed by atoms with Gasteiger partial charge in [-0.2, -0.15) is 13.2 Å². The Hall–Kier alpha value is -1.37. The Bertz CT molecular complexity index is 701. The van der Waals surface area contributed by atoms with Gasteiger partial charge in [-0.05, 0) is 81.6 Å². The highest BCUT2D eigenvalue weighted by molar-refractivity contribution is 5.30. The summed E-state index contributed by atoms with van der Waals surface area (Å²) in [6.07, 6.45) is 2.28. The number of nitrogens with zero attached hydrogens (tertiary/aromatic N) is 1. The zero-order chi connectivity index (χ0) is 23.8. The van der Waals surface area contributed by atoms with Crippen LogP contribution in [-0.2, 0) is 21.1 Å². The second kappa shape index (κ2) is 12.2. The van der Waals surface area contributed by atoms with Crippen LogP contribution >= 0.6 is 0 Å². The van der Waals surface area contributed by atoms with Gasteiger partial charge in [0.05, 0.1) is 18.8 Å². The maximum atomic E-state index is 12.9. The maximum Gasteiger partial charge on any atom is 0.416 e.